The van der Waals surface area contributed by atoms with E-state index >= 15 is 0 Å². The van der Waals surface area contributed by atoms with Gasteiger partial charge in [-0.15, -0.1) is 0 Å². The molecule has 24 heavy (non-hydrogen) atoms. The van der Waals surface area contributed by atoms with Gasteiger partial charge in [-0.1, -0.05) is 0 Å². The van der Waals surface area contributed by atoms with Crippen LogP contribution in [0, 0.1) is 21.8 Å². The number of nitro groups is 1. The molecule has 1 aliphatic rings. The van der Waals surface area contributed by atoms with Crippen LogP contribution in [0.5, 0.6) is 0 Å². The summed E-state index contributed by atoms with van der Waals surface area (Å²) in [5.74, 6) is -4.06. The van der Waals surface area contributed by atoms with Crippen LogP contribution in [0.2, 0.25) is 0 Å². The van der Waals surface area contributed by atoms with Crippen LogP contribution in [0.15, 0.2) is 16.9 Å². The number of rotatable bonds is 3. The number of nitrogens with zero attached hydrogens (tertiary/aromatic N) is 5. The fourth-order valence-corrected chi connectivity index (χ4v) is 2.55. The maximum atomic E-state index is 13.9. The summed E-state index contributed by atoms with van der Waals surface area (Å²) in [6.07, 6.45) is -4.77. The lowest BCUT2D eigenvalue weighted by Crippen LogP contribution is -2.23. The Labute approximate surface area is 130 Å². The normalized spacial score (nSPS) is 20.2. The first-order valence-corrected chi connectivity index (χ1v) is 6.65. The van der Waals surface area contributed by atoms with E-state index in [-0.39, 0.29) is 17.7 Å². The Morgan fingerprint density at radius 1 is 1.33 bits per heavy atom. The smallest absolute Gasteiger partial charge is 0.258 e. The van der Waals surface area contributed by atoms with Crippen molar-refractivity contribution >= 4 is 5.69 Å². The minimum Gasteiger partial charge on any atom is -0.258 e. The number of tetrazole rings is 1. The summed E-state index contributed by atoms with van der Waals surface area (Å²) < 4.78 is 53.7. The number of hydrogen-bond donors (Lipinski definition) is 0. The van der Waals surface area contributed by atoms with E-state index in [0.29, 0.717) is 16.8 Å². The summed E-state index contributed by atoms with van der Waals surface area (Å²) in [6.45, 7) is 0. The van der Waals surface area contributed by atoms with E-state index < -0.39 is 40.1 Å². The van der Waals surface area contributed by atoms with E-state index in [1.807, 2.05) is 0 Å². The van der Waals surface area contributed by atoms with E-state index in [2.05, 4.69) is 10.4 Å². The van der Waals surface area contributed by atoms with Gasteiger partial charge in [0.15, 0.2) is 0 Å². The van der Waals surface area contributed by atoms with Gasteiger partial charge in [-0.05, 0) is 34.4 Å². The largest absolute Gasteiger partial charge is 0.392 e. The summed E-state index contributed by atoms with van der Waals surface area (Å²) >= 11 is 0. The molecule has 2 aromatic rings. The molecule has 1 fully saturated rings. The Hall–Kier alpha value is -2.79. The highest BCUT2D eigenvalue weighted by atomic mass is 19.4. The van der Waals surface area contributed by atoms with Gasteiger partial charge in [-0.2, -0.15) is 26.9 Å². The van der Waals surface area contributed by atoms with Crippen LogP contribution in [0.4, 0.5) is 23.2 Å². The maximum Gasteiger partial charge on any atom is 0.392 e. The second-order valence-electron chi connectivity index (χ2n) is 5.41. The van der Waals surface area contributed by atoms with E-state index in [1.54, 1.807) is 0 Å². The molecule has 0 amide bonds. The van der Waals surface area contributed by atoms with Crippen molar-refractivity contribution in [1.29, 1.82) is 0 Å². The first-order chi connectivity index (χ1) is 11.1. The molecule has 1 saturated carbocycles. The number of benzene rings is 1. The highest BCUT2D eigenvalue weighted by Gasteiger charge is 2.57. The third-order valence-electron chi connectivity index (χ3n) is 3.85. The van der Waals surface area contributed by atoms with E-state index in [9.17, 15) is 32.5 Å². The Balaban J connectivity index is 2.18. The molecular weight excluding hydrogens is 338 g/mol. The van der Waals surface area contributed by atoms with Crippen molar-refractivity contribution in [2.45, 2.75) is 18.5 Å². The van der Waals surface area contributed by atoms with Gasteiger partial charge in [0.05, 0.1) is 16.5 Å². The predicted molar refractivity (Wildman–Crippen MR) is 70.1 cm³/mol. The van der Waals surface area contributed by atoms with Crippen LogP contribution >= 0.6 is 0 Å². The summed E-state index contributed by atoms with van der Waals surface area (Å²) in [4.78, 5) is 21.8. The molecule has 0 bridgehead atoms. The third-order valence-corrected chi connectivity index (χ3v) is 3.85. The van der Waals surface area contributed by atoms with E-state index in [1.165, 1.54) is 7.05 Å². The van der Waals surface area contributed by atoms with Crippen LogP contribution in [0.1, 0.15) is 17.9 Å². The number of aryl methyl sites for hydroxylation is 1. The van der Waals surface area contributed by atoms with Crippen molar-refractivity contribution < 1.29 is 22.5 Å². The zero-order chi connectivity index (χ0) is 17.8. The average Bonchev–Trinajstić information content (AvgIpc) is 3.22. The Morgan fingerprint density at radius 3 is 2.46 bits per heavy atom. The van der Waals surface area contributed by atoms with Gasteiger partial charge in [0.2, 0.25) is 5.82 Å². The number of hydrogen-bond acceptors (Lipinski definition) is 5. The van der Waals surface area contributed by atoms with E-state index in [4.69, 9.17) is 0 Å². The van der Waals surface area contributed by atoms with E-state index in [0.717, 1.165) is 4.68 Å². The zero-order valence-electron chi connectivity index (χ0n) is 12.0. The number of halogens is 4. The van der Waals surface area contributed by atoms with Crippen molar-refractivity contribution in [3.05, 3.63) is 44.1 Å². The standard InChI is InChI=1S/C12H9F4N5O3/c1-19-11(22)20(18-17-19)9-4-10(21(23)24)8(13)3-6(9)5-2-7(5)12(14,15)16/h3-5,7H,2H2,1H3. The second kappa shape index (κ2) is 5.11. The predicted octanol–water partition coefficient (Wildman–Crippen LogP) is 1.68. The van der Waals surface area contributed by atoms with Crippen molar-refractivity contribution in [3.8, 4) is 5.69 Å². The summed E-state index contributed by atoms with van der Waals surface area (Å²) in [6, 6.07) is 1.36. The van der Waals surface area contributed by atoms with Crippen LogP contribution in [0.3, 0.4) is 0 Å². The molecule has 0 aliphatic heterocycles. The third kappa shape index (κ3) is 2.53. The monoisotopic (exact) mass is 347 g/mol. The number of aromatic nitrogens is 4. The number of nitro benzene ring substituents is 1. The van der Waals surface area contributed by atoms with Gasteiger partial charge >= 0.3 is 17.6 Å². The van der Waals surface area contributed by atoms with Gasteiger partial charge in [-0.3, -0.25) is 10.1 Å². The molecule has 2 unspecified atom stereocenters. The van der Waals surface area contributed by atoms with Gasteiger partial charge in [-0.25, -0.2) is 4.79 Å². The lowest BCUT2D eigenvalue weighted by Gasteiger charge is -2.10. The Bertz CT molecular complexity index is 888. The highest BCUT2D eigenvalue weighted by molar-refractivity contribution is 5.53. The van der Waals surface area contributed by atoms with Crippen molar-refractivity contribution in [2.24, 2.45) is 13.0 Å². The SMILES string of the molecule is Cn1nnn(-c2cc([N+](=O)[O-])c(F)cc2C2CC2C(F)(F)F)c1=O. The summed E-state index contributed by atoms with van der Waals surface area (Å²) in [5, 5.41) is 17.7. The fraction of sp³-hybridized carbons (Fsp3) is 0.417. The van der Waals surface area contributed by atoms with Gasteiger partial charge in [0.25, 0.3) is 0 Å². The first-order valence-electron chi connectivity index (χ1n) is 6.65. The maximum absolute atomic E-state index is 13.9. The number of alkyl halides is 3. The van der Waals surface area contributed by atoms with Crippen LogP contribution in [-0.4, -0.2) is 30.9 Å². The topological polar surface area (TPSA) is 95.8 Å². The molecule has 0 spiro atoms. The minimum atomic E-state index is -4.48. The quantitative estimate of drug-likeness (QED) is 0.478. The molecule has 8 nitrogen and oxygen atoms in total. The molecule has 12 heteroatoms. The molecule has 0 N–H and O–H groups in total. The van der Waals surface area contributed by atoms with Crippen molar-refractivity contribution in [3.63, 3.8) is 0 Å². The van der Waals surface area contributed by atoms with Crippen LogP contribution in [0.25, 0.3) is 5.69 Å². The Kier molecular flexibility index (Phi) is 3.42. The summed E-state index contributed by atoms with van der Waals surface area (Å²) in [5.41, 5.74) is -2.22. The lowest BCUT2D eigenvalue weighted by atomic mass is 10.0. The van der Waals surface area contributed by atoms with Crippen molar-refractivity contribution in [1.82, 2.24) is 19.8 Å². The van der Waals surface area contributed by atoms with Gasteiger partial charge < -0.3 is 0 Å². The molecule has 3 rings (SSSR count). The van der Waals surface area contributed by atoms with Gasteiger partial charge in [0, 0.05) is 13.1 Å². The summed E-state index contributed by atoms with van der Waals surface area (Å²) in [7, 11) is 1.25. The zero-order valence-corrected chi connectivity index (χ0v) is 12.0. The molecule has 1 aromatic carbocycles. The first kappa shape index (κ1) is 16.1. The second-order valence-corrected chi connectivity index (χ2v) is 5.41. The van der Waals surface area contributed by atoms with Crippen LogP contribution < -0.4 is 5.69 Å². The minimum absolute atomic E-state index is 0.164. The van der Waals surface area contributed by atoms with Gasteiger partial charge in [0.1, 0.15) is 0 Å². The fourth-order valence-electron chi connectivity index (χ4n) is 2.55. The molecular formula is C12H9F4N5O3. The van der Waals surface area contributed by atoms with Crippen molar-refractivity contribution in [2.75, 3.05) is 0 Å². The highest BCUT2D eigenvalue weighted by Crippen LogP contribution is 2.57. The lowest BCUT2D eigenvalue weighted by molar-refractivity contribution is -0.387. The molecule has 0 saturated heterocycles. The Morgan fingerprint density at radius 2 is 2.00 bits per heavy atom. The molecule has 2 atom stereocenters. The molecule has 1 aliphatic carbocycles. The molecule has 1 heterocycles. The molecule has 128 valence electrons. The van der Waals surface area contributed by atoms with Crippen LogP contribution in [-0.2, 0) is 7.05 Å². The average molecular weight is 347 g/mol. The molecule has 0 radical (unpaired) electrons. The molecule has 1 aromatic heterocycles.